The van der Waals surface area contributed by atoms with Crippen LogP contribution >= 0.6 is 11.3 Å². The van der Waals surface area contributed by atoms with Gasteiger partial charge in [-0.05, 0) is 37.5 Å². The van der Waals surface area contributed by atoms with Crippen molar-refractivity contribution in [3.05, 3.63) is 69.4 Å². The molecule has 6 rings (SSSR count). The van der Waals surface area contributed by atoms with Gasteiger partial charge in [-0.15, -0.1) is 11.3 Å². The monoisotopic (exact) mass is 433 g/mol. The Morgan fingerprint density at radius 1 is 1.16 bits per heavy atom. The number of nitrogens with zero attached hydrogens (tertiary/aromatic N) is 4. The van der Waals surface area contributed by atoms with Crippen LogP contribution in [-0.2, 0) is 6.54 Å². The van der Waals surface area contributed by atoms with Gasteiger partial charge in [-0.1, -0.05) is 30.3 Å². The smallest absolute Gasteiger partial charge is 0.263 e. The second kappa shape index (κ2) is 7.28. The number of likely N-dealkylation sites (tertiary alicyclic amines) is 2. The number of carbonyl (C=O) groups is 1. The number of rotatable bonds is 5. The van der Waals surface area contributed by atoms with Crippen LogP contribution in [0, 0.1) is 12.3 Å². The summed E-state index contributed by atoms with van der Waals surface area (Å²) in [5.74, 6) is 2.99. The molecule has 6 nitrogen and oxygen atoms in total. The molecule has 1 saturated carbocycles. The van der Waals surface area contributed by atoms with Gasteiger partial charge in [0.05, 0.1) is 4.88 Å². The number of hydrogen-bond donors (Lipinski definition) is 1. The van der Waals surface area contributed by atoms with Crippen molar-refractivity contribution in [2.24, 2.45) is 5.41 Å². The number of aromatic amines is 1. The predicted molar refractivity (Wildman–Crippen MR) is 120 cm³/mol. The first-order chi connectivity index (χ1) is 15.1. The molecule has 31 heavy (non-hydrogen) atoms. The van der Waals surface area contributed by atoms with Crippen LogP contribution < -0.4 is 0 Å². The third-order valence-corrected chi connectivity index (χ3v) is 8.00. The van der Waals surface area contributed by atoms with Gasteiger partial charge in [0.1, 0.15) is 5.82 Å². The zero-order chi connectivity index (χ0) is 21.0. The van der Waals surface area contributed by atoms with Crippen molar-refractivity contribution in [3.8, 4) is 0 Å². The van der Waals surface area contributed by atoms with Gasteiger partial charge in [0.2, 0.25) is 0 Å². The second-order valence-electron chi connectivity index (χ2n) is 9.49. The van der Waals surface area contributed by atoms with Crippen molar-refractivity contribution in [1.82, 2.24) is 25.0 Å². The van der Waals surface area contributed by atoms with Crippen LogP contribution in [0.2, 0.25) is 0 Å². The molecule has 1 unspecified atom stereocenters. The molecule has 3 aliphatic rings. The molecule has 2 aliphatic heterocycles. The molecule has 3 fully saturated rings. The first-order valence-electron chi connectivity index (χ1n) is 11.1. The molecule has 160 valence electrons. The first kappa shape index (κ1) is 19.2. The van der Waals surface area contributed by atoms with E-state index in [1.165, 1.54) is 23.3 Å². The average molecular weight is 434 g/mol. The normalized spacial score (nSPS) is 22.7. The summed E-state index contributed by atoms with van der Waals surface area (Å²) in [5, 5.41) is 7.79. The molecule has 1 N–H and O–H groups in total. The molecule has 7 heteroatoms. The molecule has 1 aromatic carbocycles. The quantitative estimate of drug-likeness (QED) is 0.665. The molecule has 1 amide bonds. The summed E-state index contributed by atoms with van der Waals surface area (Å²) in [6.45, 7) is 6.50. The minimum atomic E-state index is 0.0527. The van der Waals surface area contributed by atoms with E-state index in [0.717, 1.165) is 49.2 Å². The summed E-state index contributed by atoms with van der Waals surface area (Å²) in [6, 6.07) is 14.6. The van der Waals surface area contributed by atoms with E-state index in [4.69, 9.17) is 4.98 Å². The third kappa shape index (κ3) is 3.49. The zero-order valence-corrected chi connectivity index (χ0v) is 18.6. The molecule has 0 radical (unpaired) electrons. The number of nitrogens with one attached hydrogen (secondary N) is 1. The van der Waals surface area contributed by atoms with E-state index in [1.54, 1.807) is 11.3 Å². The number of aromatic nitrogens is 3. The largest absolute Gasteiger partial charge is 0.337 e. The summed E-state index contributed by atoms with van der Waals surface area (Å²) < 4.78 is 0. The highest BCUT2D eigenvalue weighted by Crippen LogP contribution is 2.49. The summed E-state index contributed by atoms with van der Waals surface area (Å²) >= 11 is 1.59. The molecule has 2 aromatic heterocycles. The Bertz CT molecular complexity index is 1100. The number of benzene rings is 1. The van der Waals surface area contributed by atoms with Gasteiger partial charge in [0, 0.05) is 54.9 Å². The van der Waals surface area contributed by atoms with E-state index in [2.05, 4.69) is 52.4 Å². The molecule has 3 aromatic rings. The number of thiophene rings is 1. The molecule has 1 atom stereocenters. The lowest BCUT2D eigenvalue weighted by Crippen LogP contribution is -2.61. The van der Waals surface area contributed by atoms with Gasteiger partial charge in [-0.25, -0.2) is 4.98 Å². The summed E-state index contributed by atoms with van der Waals surface area (Å²) in [4.78, 5) is 24.5. The maximum Gasteiger partial charge on any atom is 0.263 e. The van der Waals surface area contributed by atoms with E-state index in [0.29, 0.717) is 5.92 Å². The molecule has 2 saturated heterocycles. The van der Waals surface area contributed by atoms with Gasteiger partial charge in [-0.3, -0.25) is 14.8 Å². The number of hydrogen-bond acceptors (Lipinski definition) is 5. The predicted octanol–water partition coefficient (Wildman–Crippen LogP) is 3.79. The Labute approximate surface area is 186 Å². The average Bonchev–Trinajstić information content (AvgIpc) is 3.15. The molecular formula is C24H27N5OS. The van der Waals surface area contributed by atoms with E-state index in [9.17, 15) is 4.79 Å². The van der Waals surface area contributed by atoms with Crippen molar-refractivity contribution in [1.29, 1.82) is 0 Å². The minimum absolute atomic E-state index is 0.0527. The Morgan fingerprint density at radius 3 is 2.68 bits per heavy atom. The Kier molecular flexibility index (Phi) is 4.51. The number of aryl methyl sites for hydroxylation is 1. The van der Waals surface area contributed by atoms with Crippen molar-refractivity contribution < 1.29 is 4.79 Å². The maximum absolute atomic E-state index is 13.0. The van der Waals surface area contributed by atoms with E-state index >= 15 is 0 Å². The highest BCUT2D eigenvalue weighted by molar-refractivity contribution is 7.13. The van der Waals surface area contributed by atoms with Crippen LogP contribution in [-0.4, -0.2) is 57.1 Å². The third-order valence-electron chi connectivity index (χ3n) is 7.01. The molecule has 4 heterocycles. The van der Waals surface area contributed by atoms with Crippen LogP contribution in [0.25, 0.3) is 0 Å². The SMILES string of the molecule is Cc1ccc(C(=O)N2CC3(CN(Cc4ccccc4)CC3c3nc(C4CC4)n[nH]3)C2)s1. The number of H-pyrrole nitrogens is 1. The molecule has 1 aliphatic carbocycles. The lowest BCUT2D eigenvalue weighted by Gasteiger charge is -2.50. The summed E-state index contributed by atoms with van der Waals surface area (Å²) in [6.07, 6.45) is 2.41. The lowest BCUT2D eigenvalue weighted by molar-refractivity contribution is 0.00217. The van der Waals surface area contributed by atoms with Crippen molar-refractivity contribution >= 4 is 17.2 Å². The highest BCUT2D eigenvalue weighted by Gasteiger charge is 2.57. The number of carbonyl (C=O) groups excluding carboxylic acids is 1. The van der Waals surface area contributed by atoms with Crippen LogP contribution in [0.5, 0.6) is 0 Å². The standard InChI is InChI=1S/C24H27N5OS/c1-16-7-10-20(31-16)23(30)29-14-24(15-29)13-28(11-17-5-3-2-4-6-17)12-19(24)22-25-21(26-27-22)18-8-9-18/h2-7,10,18-19H,8-9,11-15H2,1H3,(H,25,26,27). The zero-order valence-electron chi connectivity index (χ0n) is 17.8. The van der Waals surface area contributed by atoms with Gasteiger partial charge in [0.25, 0.3) is 5.91 Å². The first-order valence-corrected chi connectivity index (χ1v) is 12.0. The van der Waals surface area contributed by atoms with E-state index in [1.807, 2.05) is 17.0 Å². The van der Waals surface area contributed by atoms with Crippen molar-refractivity contribution in [3.63, 3.8) is 0 Å². The molecule has 0 bridgehead atoms. The summed E-state index contributed by atoms with van der Waals surface area (Å²) in [7, 11) is 0. The fourth-order valence-electron chi connectivity index (χ4n) is 5.26. The van der Waals surface area contributed by atoms with Gasteiger partial charge < -0.3 is 4.90 Å². The van der Waals surface area contributed by atoms with Gasteiger partial charge in [0.15, 0.2) is 5.82 Å². The highest BCUT2D eigenvalue weighted by atomic mass is 32.1. The Hall–Kier alpha value is -2.51. The van der Waals surface area contributed by atoms with E-state index < -0.39 is 0 Å². The Morgan fingerprint density at radius 2 is 1.97 bits per heavy atom. The van der Waals surface area contributed by atoms with Crippen LogP contribution in [0.4, 0.5) is 0 Å². The lowest BCUT2D eigenvalue weighted by atomic mass is 9.71. The second-order valence-corrected chi connectivity index (χ2v) is 10.8. The fraction of sp³-hybridized carbons (Fsp3) is 0.458. The van der Waals surface area contributed by atoms with Crippen LogP contribution in [0.15, 0.2) is 42.5 Å². The Balaban J connectivity index is 1.23. The van der Waals surface area contributed by atoms with Crippen LogP contribution in [0.1, 0.15) is 56.4 Å². The van der Waals surface area contributed by atoms with Gasteiger partial charge in [-0.2, -0.15) is 5.10 Å². The van der Waals surface area contributed by atoms with Gasteiger partial charge >= 0.3 is 0 Å². The summed E-state index contributed by atoms with van der Waals surface area (Å²) in [5.41, 5.74) is 1.38. The van der Waals surface area contributed by atoms with Crippen molar-refractivity contribution in [2.45, 2.75) is 38.1 Å². The topological polar surface area (TPSA) is 65.1 Å². The van der Waals surface area contributed by atoms with Crippen LogP contribution in [0.3, 0.4) is 0 Å². The molecule has 1 spiro atoms. The van der Waals surface area contributed by atoms with Crippen molar-refractivity contribution in [2.75, 3.05) is 26.2 Å². The number of amides is 1. The maximum atomic E-state index is 13.0. The molecular weight excluding hydrogens is 406 g/mol. The minimum Gasteiger partial charge on any atom is -0.337 e. The fourth-order valence-corrected chi connectivity index (χ4v) is 6.10. The van der Waals surface area contributed by atoms with E-state index in [-0.39, 0.29) is 17.2 Å².